The zero-order valence-corrected chi connectivity index (χ0v) is 11.9. The van der Waals surface area contributed by atoms with Crippen molar-refractivity contribution in [2.24, 2.45) is 5.84 Å². The normalized spacial score (nSPS) is 10.4. The summed E-state index contributed by atoms with van der Waals surface area (Å²) in [6.07, 6.45) is 0. The molecular weight excluding hydrogens is 254 g/mol. The van der Waals surface area contributed by atoms with Gasteiger partial charge in [-0.1, -0.05) is 17.7 Å². The quantitative estimate of drug-likeness (QED) is 0.508. The number of hydrazine groups is 1. The molecule has 0 aliphatic rings. The molecule has 0 radical (unpaired) electrons. The van der Waals surface area contributed by atoms with Crippen molar-refractivity contribution in [2.75, 3.05) is 11.9 Å². The van der Waals surface area contributed by atoms with Gasteiger partial charge >= 0.3 is 0 Å². The average Bonchev–Trinajstić information content (AvgIpc) is 2.79. The van der Waals surface area contributed by atoms with Crippen LogP contribution in [0.25, 0.3) is 0 Å². The Bertz CT molecular complexity index is 602. The lowest BCUT2D eigenvalue weighted by Crippen LogP contribution is -2.30. The standard InChI is InChI=1S/C15H19N3O2/c1-10-4-6-12(7-5-10)18(3)9-13-8-14(11(2)20-13)15(19)17-16/h4-8H,9,16H2,1-3H3,(H,17,19). The van der Waals surface area contributed by atoms with E-state index in [2.05, 4.69) is 41.5 Å². The summed E-state index contributed by atoms with van der Waals surface area (Å²) in [6, 6.07) is 9.96. The molecule has 1 amide bonds. The van der Waals surface area contributed by atoms with Crippen LogP contribution in [-0.4, -0.2) is 13.0 Å². The third kappa shape index (κ3) is 3.00. The maximum absolute atomic E-state index is 11.5. The Morgan fingerprint density at radius 3 is 2.55 bits per heavy atom. The highest BCUT2D eigenvalue weighted by Gasteiger charge is 2.15. The number of anilines is 1. The van der Waals surface area contributed by atoms with Gasteiger partial charge in [0.1, 0.15) is 11.5 Å². The number of rotatable bonds is 4. The number of benzene rings is 1. The van der Waals surface area contributed by atoms with E-state index in [9.17, 15) is 4.79 Å². The summed E-state index contributed by atoms with van der Waals surface area (Å²) < 4.78 is 5.60. The lowest BCUT2D eigenvalue weighted by Gasteiger charge is -2.17. The minimum absolute atomic E-state index is 0.338. The molecule has 0 aliphatic carbocycles. The van der Waals surface area contributed by atoms with Crippen LogP contribution in [0.15, 0.2) is 34.7 Å². The molecule has 1 aromatic heterocycles. The van der Waals surface area contributed by atoms with Gasteiger partial charge < -0.3 is 9.32 Å². The lowest BCUT2D eigenvalue weighted by atomic mass is 10.2. The molecule has 2 rings (SSSR count). The number of amides is 1. The van der Waals surface area contributed by atoms with E-state index in [0.29, 0.717) is 17.9 Å². The van der Waals surface area contributed by atoms with Crippen molar-refractivity contribution in [3.05, 3.63) is 53.0 Å². The van der Waals surface area contributed by atoms with E-state index in [0.717, 1.165) is 11.4 Å². The zero-order chi connectivity index (χ0) is 14.7. The molecule has 0 atom stereocenters. The zero-order valence-electron chi connectivity index (χ0n) is 11.9. The van der Waals surface area contributed by atoms with Crippen LogP contribution in [0.4, 0.5) is 5.69 Å². The van der Waals surface area contributed by atoms with Gasteiger partial charge in [-0.05, 0) is 32.0 Å². The lowest BCUT2D eigenvalue weighted by molar-refractivity contribution is 0.0952. The highest BCUT2D eigenvalue weighted by atomic mass is 16.3. The van der Waals surface area contributed by atoms with Crippen molar-refractivity contribution >= 4 is 11.6 Å². The number of carbonyl (C=O) groups excluding carboxylic acids is 1. The van der Waals surface area contributed by atoms with Gasteiger partial charge in [0.05, 0.1) is 12.1 Å². The first-order valence-corrected chi connectivity index (χ1v) is 6.39. The molecule has 0 aliphatic heterocycles. The number of nitrogens with two attached hydrogens (primary N) is 1. The number of aryl methyl sites for hydroxylation is 2. The smallest absolute Gasteiger partial charge is 0.268 e. The molecule has 3 N–H and O–H groups in total. The maximum atomic E-state index is 11.5. The molecule has 106 valence electrons. The SMILES string of the molecule is Cc1ccc(N(C)Cc2cc(C(=O)NN)c(C)o2)cc1. The van der Waals surface area contributed by atoms with Gasteiger partial charge in [0.15, 0.2) is 0 Å². The van der Waals surface area contributed by atoms with Crippen LogP contribution < -0.4 is 16.2 Å². The van der Waals surface area contributed by atoms with Gasteiger partial charge in [0, 0.05) is 12.7 Å². The fourth-order valence-electron chi connectivity index (χ4n) is 2.05. The summed E-state index contributed by atoms with van der Waals surface area (Å²) in [5, 5.41) is 0. The Balaban J connectivity index is 2.13. The first-order chi connectivity index (χ1) is 9.51. The van der Waals surface area contributed by atoms with Gasteiger partial charge in [-0.2, -0.15) is 0 Å². The minimum atomic E-state index is -0.338. The summed E-state index contributed by atoms with van der Waals surface area (Å²) in [5.74, 6) is 6.10. The van der Waals surface area contributed by atoms with Crippen molar-refractivity contribution in [1.82, 2.24) is 5.43 Å². The molecule has 5 nitrogen and oxygen atoms in total. The molecule has 0 bridgehead atoms. The molecule has 1 heterocycles. The second-order valence-corrected chi connectivity index (χ2v) is 4.85. The number of nitrogen functional groups attached to an aromatic ring is 1. The van der Waals surface area contributed by atoms with Crippen LogP contribution in [0.2, 0.25) is 0 Å². The summed E-state index contributed by atoms with van der Waals surface area (Å²) in [5.41, 5.74) is 4.90. The van der Waals surface area contributed by atoms with Crippen LogP contribution in [0.5, 0.6) is 0 Å². The first kappa shape index (κ1) is 14.1. The number of nitrogens with zero attached hydrogens (tertiary/aromatic N) is 1. The highest BCUT2D eigenvalue weighted by Crippen LogP contribution is 2.20. The van der Waals surface area contributed by atoms with Crippen LogP contribution in [0.1, 0.15) is 27.4 Å². The fourth-order valence-corrected chi connectivity index (χ4v) is 2.05. The maximum Gasteiger partial charge on any atom is 0.268 e. The van der Waals surface area contributed by atoms with E-state index in [1.54, 1.807) is 13.0 Å². The Labute approximate surface area is 118 Å². The number of hydrogen-bond acceptors (Lipinski definition) is 4. The van der Waals surface area contributed by atoms with Crippen molar-refractivity contribution in [3.8, 4) is 0 Å². The Morgan fingerprint density at radius 2 is 1.95 bits per heavy atom. The van der Waals surface area contributed by atoms with Crippen LogP contribution in [0, 0.1) is 13.8 Å². The summed E-state index contributed by atoms with van der Waals surface area (Å²) in [6.45, 7) is 4.39. The van der Waals surface area contributed by atoms with E-state index < -0.39 is 0 Å². The molecule has 1 aromatic carbocycles. The second-order valence-electron chi connectivity index (χ2n) is 4.85. The molecule has 0 spiro atoms. The average molecular weight is 273 g/mol. The van der Waals surface area contributed by atoms with Gasteiger partial charge in [0.25, 0.3) is 5.91 Å². The molecule has 5 heteroatoms. The monoisotopic (exact) mass is 273 g/mol. The van der Waals surface area contributed by atoms with Gasteiger partial charge in [0.2, 0.25) is 0 Å². The number of carbonyl (C=O) groups is 1. The van der Waals surface area contributed by atoms with Crippen molar-refractivity contribution in [1.29, 1.82) is 0 Å². The third-order valence-corrected chi connectivity index (χ3v) is 3.21. The predicted octanol–water partition coefficient (Wildman–Crippen LogP) is 2.14. The van der Waals surface area contributed by atoms with E-state index >= 15 is 0 Å². The van der Waals surface area contributed by atoms with Crippen LogP contribution in [0.3, 0.4) is 0 Å². The largest absolute Gasteiger partial charge is 0.464 e. The molecule has 0 saturated carbocycles. The topological polar surface area (TPSA) is 71.5 Å². The molecule has 0 saturated heterocycles. The minimum Gasteiger partial charge on any atom is -0.464 e. The highest BCUT2D eigenvalue weighted by molar-refractivity contribution is 5.94. The van der Waals surface area contributed by atoms with E-state index in [-0.39, 0.29) is 5.91 Å². The number of hydrogen-bond donors (Lipinski definition) is 2. The van der Waals surface area contributed by atoms with Crippen LogP contribution >= 0.6 is 0 Å². The number of nitrogens with one attached hydrogen (secondary N) is 1. The van der Waals surface area contributed by atoms with Gasteiger partial charge in [-0.25, -0.2) is 5.84 Å². The molecule has 0 unspecified atom stereocenters. The Kier molecular flexibility index (Phi) is 4.10. The van der Waals surface area contributed by atoms with E-state index in [1.165, 1.54) is 5.56 Å². The summed E-state index contributed by atoms with van der Waals surface area (Å²) >= 11 is 0. The predicted molar refractivity (Wildman–Crippen MR) is 78.4 cm³/mol. The van der Waals surface area contributed by atoms with Crippen molar-refractivity contribution in [2.45, 2.75) is 20.4 Å². The molecule has 0 fully saturated rings. The molecule has 2 aromatic rings. The third-order valence-electron chi connectivity index (χ3n) is 3.21. The van der Waals surface area contributed by atoms with Crippen molar-refractivity contribution < 1.29 is 9.21 Å². The summed E-state index contributed by atoms with van der Waals surface area (Å²) in [4.78, 5) is 13.6. The Morgan fingerprint density at radius 1 is 1.30 bits per heavy atom. The fraction of sp³-hybridized carbons (Fsp3) is 0.267. The molecular formula is C15H19N3O2. The summed E-state index contributed by atoms with van der Waals surface area (Å²) in [7, 11) is 1.98. The number of furan rings is 1. The van der Waals surface area contributed by atoms with E-state index in [4.69, 9.17) is 10.3 Å². The Hall–Kier alpha value is -2.27. The van der Waals surface area contributed by atoms with Gasteiger partial charge in [-0.15, -0.1) is 0 Å². The second kappa shape index (κ2) is 5.79. The first-order valence-electron chi connectivity index (χ1n) is 6.39. The van der Waals surface area contributed by atoms with E-state index in [1.807, 2.05) is 7.05 Å². The van der Waals surface area contributed by atoms with Crippen LogP contribution in [-0.2, 0) is 6.54 Å². The molecule has 20 heavy (non-hydrogen) atoms. The van der Waals surface area contributed by atoms with Crippen molar-refractivity contribution in [3.63, 3.8) is 0 Å². The van der Waals surface area contributed by atoms with Gasteiger partial charge in [-0.3, -0.25) is 10.2 Å².